The van der Waals surface area contributed by atoms with Crippen molar-refractivity contribution in [2.45, 2.75) is 25.5 Å². The van der Waals surface area contributed by atoms with Crippen molar-refractivity contribution in [1.82, 2.24) is 0 Å². The van der Waals surface area contributed by atoms with Crippen LogP contribution < -0.4 is 0 Å². The van der Waals surface area contributed by atoms with Gasteiger partial charge >= 0.3 is 0 Å². The third-order valence-corrected chi connectivity index (χ3v) is 7.79. The molecule has 0 atom stereocenters. The standard InChI is InChI=1S/C4H14SSi2/c1-4(2,3)5-7-6/h7H2,1-3,6H3. The molecule has 0 radical (unpaired) electrons. The van der Waals surface area contributed by atoms with Gasteiger partial charge in [0.1, 0.15) is 0 Å². The Morgan fingerprint density at radius 2 is 1.86 bits per heavy atom. The zero-order valence-corrected chi connectivity index (χ0v) is 9.85. The van der Waals surface area contributed by atoms with Gasteiger partial charge in [-0.3, -0.25) is 0 Å². The number of hydrogen-bond acceptors (Lipinski definition) is 1. The third kappa shape index (κ3) is 6.78. The Hall–Kier alpha value is 0.784. The minimum absolute atomic E-state index is 0.365. The van der Waals surface area contributed by atoms with Crippen LogP contribution in [0.5, 0.6) is 0 Å². The van der Waals surface area contributed by atoms with Crippen LogP contribution in [0.25, 0.3) is 0 Å². The summed E-state index contributed by atoms with van der Waals surface area (Å²) < 4.78 is 0.563. The van der Waals surface area contributed by atoms with Crippen molar-refractivity contribution >= 4 is 29.2 Å². The molecular weight excluding hydrogens is 136 g/mol. The maximum absolute atomic E-state index is 2.29. The van der Waals surface area contributed by atoms with Crippen LogP contribution in [0.4, 0.5) is 0 Å². The first kappa shape index (κ1) is 7.78. The molecule has 0 aromatic carbocycles. The topological polar surface area (TPSA) is 0 Å². The van der Waals surface area contributed by atoms with Crippen LogP contribution in [0, 0.1) is 0 Å². The molecular formula is C4H14SSi2. The summed E-state index contributed by atoms with van der Waals surface area (Å²) in [6.07, 6.45) is 0. The summed E-state index contributed by atoms with van der Waals surface area (Å²) in [5.74, 6) is 0. The smallest absolute Gasteiger partial charge is 0.0684 e. The van der Waals surface area contributed by atoms with E-state index in [0.717, 1.165) is 0 Å². The summed E-state index contributed by atoms with van der Waals surface area (Å²) in [7, 11) is 1.84. The van der Waals surface area contributed by atoms with E-state index < -0.39 is 0 Å². The van der Waals surface area contributed by atoms with Gasteiger partial charge < -0.3 is 0 Å². The molecule has 0 N–H and O–H groups in total. The van der Waals surface area contributed by atoms with E-state index in [1.54, 1.807) is 0 Å². The highest BCUT2D eigenvalue weighted by molar-refractivity contribution is 8.26. The van der Waals surface area contributed by atoms with Gasteiger partial charge in [0, 0.05) is 14.5 Å². The molecule has 7 heavy (non-hydrogen) atoms. The molecule has 0 aliphatic heterocycles. The van der Waals surface area contributed by atoms with Crippen molar-refractivity contribution in [2.24, 2.45) is 0 Å². The van der Waals surface area contributed by atoms with E-state index in [4.69, 9.17) is 0 Å². The fourth-order valence-corrected chi connectivity index (χ4v) is 11.7. The molecule has 0 saturated heterocycles. The quantitative estimate of drug-likeness (QED) is 0.470. The highest BCUT2D eigenvalue weighted by atomic mass is 32.4. The van der Waals surface area contributed by atoms with E-state index in [0.29, 0.717) is 12.9 Å². The summed E-state index contributed by atoms with van der Waals surface area (Å²) in [5, 5.41) is 0. The second-order valence-corrected chi connectivity index (χ2v) is 12.4. The van der Waals surface area contributed by atoms with Gasteiger partial charge in [0.2, 0.25) is 0 Å². The predicted octanol–water partition coefficient (Wildman–Crippen LogP) is -0.118. The normalized spacial score (nSPS) is 14.1. The third-order valence-electron chi connectivity index (χ3n) is 0.577. The molecule has 0 nitrogen and oxygen atoms in total. The van der Waals surface area contributed by atoms with Gasteiger partial charge in [0.25, 0.3) is 0 Å². The van der Waals surface area contributed by atoms with E-state index in [9.17, 15) is 0 Å². The van der Waals surface area contributed by atoms with Gasteiger partial charge in [-0.25, -0.2) is 0 Å². The van der Waals surface area contributed by atoms with E-state index in [1.807, 2.05) is 0 Å². The molecule has 0 aromatic rings. The average Bonchev–Trinajstić information content (AvgIpc) is 1.30. The molecule has 44 valence electrons. The fraction of sp³-hybridized carbons (Fsp3) is 1.00. The average molecular weight is 150 g/mol. The lowest BCUT2D eigenvalue weighted by molar-refractivity contribution is 0.810. The summed E-state index contributed by atoms with van der Waals surface area (Å²) >= 11 is 2.19. The second-order valence-electron chi connectivity index (χ2n) is 2.55. The molecule has 0 rings (SSSR count). The zero-order chi connectivity index (χ0) is 5.91. The molecule has 0 unspecified atom stereocenters. The van der Waals surface area contributed by atoms with Crippen LogP contribution >= 0.6 is 11.2 Å². The van der Waals surface area contributed by atoms with Gasteiger partial charge in [-0.1, -0.05) is 20.8 Å². The van der Waals surface area contributed by atoms with E-state index in [-0.39, 0.29) is 0 Å². The lowest BCUT2D eigenvalue weighted by Gasteiger charge is -2.15. The highest BCUT2D eigenvalue weighted by Crippen LogP contribution is 2.19. The molecule has 3 heteroatoms. The first-order valence-corrected chi connectivity index (χ1v) is 11.1. The Morgan fingerprint density at radius 3 is 1.86 bits per heavy atom. The number of hydrogen-bond donors (Lipinski definition) is 0. The molecule has 0 amide bonds. The first-order valence-electron chi connectivity index (χ1n) is 2.70. The first-order chi connectivity index (χ1) is 3.06. The molecule has 0 spiro atoms. The molecule has 0 fully saturated rings. The Kier molecular flexibility index (Phi) is 3.27. The Labute approximate surface area is 55.1 Å². The van der Waals surface area contributed by atoms with Crippen molar-refractivity contribution in [3.63, 3.8) is 0 Å². The fourth-order valence-electron chi connectivity index (χ4n) is 0.433. The van der Waals surface area contributed by atoms with E-state index in [2.05, 4.69) is 32.0 Å². The summed E-state index contributed by atoms with van der Waals surface area (Å²) in [6.45, 7) is 6.88. The van der Waals surface area contributed by atoms with Crippen LogP contribution in [0.3, 0.4) is 0 Å². The van der Waals surface area contributed by atoms with Crippen molar-refractivity contribution < 1.29 is 0 Å². The lowest BCUT2D eigenvalue weighted by Crippen LogP contribution is -2.09. The minimum Gasteiger partial charge on any atom is -0.192 e. The molecule has 0 heterocycles. The van der Waals surface area contributed by atoms with Gasteiger partial charge in [-0.2, -0.15) is 11.2 Å². The van der Waals surface area contributed by atoms with Crippen LogP contribution in [0.1, 0.15) is 20.8 Å². The van der Waals surface area contributed by atoms with Gasteiger partial charge in [-0.15, -0.1) is 0 Å². The summed E-state index contributed by atoms with van der Waals surface area (Å²) in [6, 6.07) is 0. The van der Waals surface area contributed by atoms with Gasteiger partial charge in [0.15, 0.2) is 0 Å². The SMILES string of the molecule is CC(C)(C)S[SiH2][SiH3]. The zero-order valence-electron chi connectivity index (χ0n) is 5.62. The van der Waals surface area contributed by atoms with Crippen molar-refractivity contribution in [2.75, 3.05) is 0 Å². The molecule has 0 aliphatic carbocycles. The predicted molar refractivity (Wildman–Crippen MR) is 45.8 cm³/mol. The monoisotopic (exact) mass is 150 g/mol. The van der Waals surface area contributed by atoms with Crippen LogP contribution in [0.15, 0.2) is 0 Å². The van der Waals surface area contributed by atoms with Gasteiger partial charge in [-0.05, 0) is 0 Å². The lowest BCUT2D eigenvalue weighted by atomic mass is 10.3. The van der Waals surface area contributed by atoms with Crippen LogP contribution in [0.2, 0.25) is 0 Å². The minimum atomic E-state index is 0.365. The van der Waals surface area contributed by atoms with E-state index >= 15 is 0 Å². The highest BCUT2D eigenvalue weighted by Gasteiger charge is 2.06. The maximum Gasteiger partial charge on any atom is 0.0684 e. The van der Waals surface area contributed by atoms with Crippen LogP contribution in [-0.2, 0) is 0 Å². The molecule has 0 bridgehead atoms. The largest absolute Gasteiger partial charge is 0.192 e. The number of rotatable bonds is 1. The van der Waals surface area contributed by atoms with Crippen molar-refractivity contribution in [1.29, 1.82) is 0 Å². The molecule has 0 saturated carbocycles. The Morgan fingerprint density at radius 1 is 1.43 bits per heavy atom. The summed E-state index contributed by atoms with van der Waals surface area (Å²) in [4.78, 5) is 0. The van der Waals surface area contributed by atoms with Crippen LogP contribution in [-0.4, -0.2) is 22.7 Å². The van der Waals surface area contributed by atoms with Crippen molar-refractivity contribution in [3.05, 3.63) is 0 Å². The Bertz CT molecular complexity index is 48.1. The maximum atomic E-state index is 2.29. The van der Waals surface area contributed by atoms with E-state index in [1.165, 1.54) is 9.76 Å². The molecule has 0 aliphatic rings. The second kappa shape index (κ2) is 2.94. The summed E-state index contributed by atoms with van der Waals surface area (Å²) in [5.41, 5.74) is 0. The molecule has 0 aromatic heterocycles. The Balaban J connectivity index is 3.15. The van der Waals surface area contributed by atoms with Gasteiger partial charge in [0.05, 0.1) is 8.19 Å². The van der Waals surface area contributed by atoms with Crippen molar-refractivity contribution in [3.8, 4) is 0 Å².